The van der Waals surface area contributed by atoms with Crippen LogP contribution in [0.1, 0.15) is 30.0 Å². The number of amides is 2. The van der Waals surface area contributed by atoms with Crippen LogP contribution in [0.5, 0.6) is 0 Å². The highest BCUT2D eigenvalue weighted by molar-refractivity contribution is 6.08. The van der Waals surface area contributed by atoms with E-state index in [1.807, 2.05) is 44.2 Å². The van der Waals surface area contributed by atoms with E-state index in [-0.39, 0.29) is 17.7 Å². The van der Waals surface area contributed by atoms with Crippen LogP contribution in [0.2, 0.25) is 0 Å². The Hall–Kier alpha value is -3.41. The second kappa shape index (κ2) is 7.86. The lowest BCUT2D eigenvalue weighted by Gasteiger charge is -2.09. The second-order valence-corrected chi connectivity index (χ2v) is 6.50. The topological polar surface area (TPSA) is 84.2 Å². The molecule has 0 unspecified atom stereocenters. The second-order valence-electron chi connectivity index (χ2n) is 6.50. The first-order valence-electron chi connectivity index (χ1n) is 8.69. The number of hydrogen-bond acceptors (Lipinski definition) is 4. The number of hydrogen-bond donors (Lipinski definition) is 2. The van der Waals surface area contributed by atoms with E-state index in [1.165, 1.54) is 0 Å². The Kier molecular flexibility index (Phi) is 5.35. The predicted octanol–water partition coefficient (Wildman–Crippen LogP) is 4.50. The minimum atomic E-state index is -0.299. The van der Waals surface area contributed by atoms with Crippen molar-refractivity contribution in [2.75, 3.05) is 10.6 Å². The first kappa shape index (κ1) is 18.4. The van der Waals surface area contributed by atoms with Crippen molar-refractivity contribution in [1.82, 2.24) is 5.16 Å². The molecule has 0 fully saturated rings. The molecule has 0 aliphatic heterocycles. The Labute approximate surface area is 157 Å². The highest BCUT2D eigenvalue weighted by Gasteiger charge is 2.21. The van der Waals surface area contributed by atoms with Crippen molar-refractivity contribution in [3.63, 3.8) is 0 Å². The van der Waals surface area contributed by atoms with Crippen molar-refractivity contribution in [1.29, 1.82) is 0 Å². The summed E-state index contributed by atoms with van der Waals surface area (Å²) in [5.41, 5.74) is 3.01. The molecule has 0 aliphatic carbocycles. The monoisotopic (exact) mass is 363 g/mol. The molecule has 0 saturated carbocycles. The molecule has 3 rings (SSSR count). The van der Waals surface area contributed by atoms with E-state index in [9.17, 15) is 9.59 Å². The number of anilines is 2. The van der Waals surface area contributed by atoms with Gasteiger partial charge in [-0.1, -0.05) is 49.3 Å². The molecule has 0 atom stereocenters. The van der Waals surface area contributed by atoms with Gasteiger partial charge in [0.15, 0.2) is 0 Å². The van der Waals surface area contributed by atoms with Gasteiger partial charge in [-0.2, -0.15) is 0 Å². The van der Waals surface area contributed by atoms with Gasteiger partial charge in [0.2, 0.25) is 5.91 Å². The number of nitrogens with zero attached hydrogens (tertiary/aromatic N) is 1. The molecule has 0 saturated heterocycles. The van der Waals surface area contributed by atoms with Crippen molar-refractivity contribution in [3.05, 3.63) is 65.9 Å². The van der Waals surface area contributed by atoms with Gasteiger partial charge in [-0.25, -0.2) is 0 Å². The first-order chi connectivity index (χ1) is 13.0. The average Bonchev–Trinajstić information content (AvgIpc) is 3.05. The maximum atomic E-state index is 12.8. The fraction of sp³-hybridized carbons (Fsp3) is 0.190. The molecule has 2 aromatic carbocycles. The summed E-state index contributed by atoms with van der Waals surface area (Å²) in [6.07, 6.45) is 0. The van der Waals surface area contributed by atoms with Gasteiger partial charge in [-0.05, 0) is 31.2 Å². The zero-order valence-corrected chi connectivity index (χ0v) is 15.4. The molecule has 6 heteroatoms. The molecule has 2 amide bonds. The number of benzene rings is 2. The lowest BCUT2D eigenvalue weighted by molar-refractivity contribution is -0.118. The largest absolute Gasteiger partial charge is 0.360 e. The highest BCUT2D eigenvalue weighted by atomic mass is 16.5. The van der Waals surface area contributed by atoms with Crippen LogP contribution in [0.3, 0.4) is 0 Å². The molecule has 6 nitrogen and oxygen atoms in total. The number of rotatable bonds is 5. The van der Waals surface area contributed by atoms with Crippen LogP contribution in [0.4, 0.5) is 11.4 Å². The standard InChI is InChI=1S/C21H21N3O3/c1-13(2)20(25)22-16-9-11-17(12-10-16)23-21(26)18-14(3)27-24-19(18)15-7-5-4-6-8-15/h4-13H,1-3H3,(H,22,25)(H,23,26). The lowest BCUT2D eigenvalue weighted by atomic mass is 10.1. The van der Waals surface area contributed by atoms with Crippen LogP contribution in [0.25, 0.3) is 11.3 Å². The molecule has 0 spiro atoms. The molecule has 138 valence electrons. The van der Waals surface area contributed by atoms with Crippen LogP contribution >= 0.6 is 0 Å². The summed E-state index contributed by atoms with van der Waals surface area (Å²) in [7, 11) is 0. The van der Waals surface area contributed by atoms with Crippen LogP contribution in [-0.4, -0.2) is 17.0 Å². The van der Waals surface area contributed by atoms with Gasteiger partial charge in [-0.3, -0.25) is 9.59 Å². The summed E-state index contributed by atoms with van der Waals surface area (Å²) in [6, 6.07) is 16.4. The highest BCUT2D eigenvalue weighted by Crippen LogP contribution is 2.26. The molecule has 0 bridgehead atoms. The van der Waals surface area contributed by atoms with Gasteiger partial charge in [0.25, 0.3) is 5.91 Å². The molecule has 0 radical (unpaired) electrons. The van der Waals surface area contributed by atoms with Gasteiger partial charge in [-0.15, -0.1) is 0 Å². The number of nitrogens with one attached hydrogen (secondary N) is 2. The summed E-state index contributed by atoms with van der Waals surface area (Å²) < 4.78 is 5.24. The van der Waals surface area contributed by atoms with Crippen LogP contribution in [-0.2, 0) is 4.79 Å². The SMILES string of the molecule is Cc1onc(-c2ccccc2)c1C(=O)Nc1ccc(NC(=O)C(C)C)cc1. The van der Waals surface area contributed by atoms with Gasteiger partial charge in [0.05, 0.1) is 0 Å². The normalized spacial score (nSPS) is 10.7. The fourth-order valence-electron chi connectivity index (χ4n) is 2.55. The summed E-state index contributed by atoms with van der Waals surface area (Å²) in [4.78, 5) is 24.5. The molecular formula is C21H21N3O3. The fourth-order valence-corrected chi connectivity index (χ4v) is 2.55. The van der Waals surface area contributed by atoms with Crippen LogP contribution in [0.15, 0.2) is 59.1 Å². The van der Waals surface area contributed by atoms with Gasteiger partial charge in [0.1, 0.15) is 17.0 Å². The first-order valence-corrected chi connectivity index (χ1v) is 8.69. The zero-order valence-electron chi connectivity index (χ0n) is 15.4. The molecular weight excluding hydrogens is 342 g/mol. The van der Waals surface area contributed by atoms with Crippen molar-refractivity contribution in [2.45, 2.75) is 20.8 Å². The van der Waals surface area contributed by atoms with Crippen molar-refractivity contribution < 1.29 is 14.1 Å². The number of carbonyl (C=O) groups excluding carboxylic acids is 2. The van der Waals surface area contributed by atoms with Gasteiger partial charge < -0.3 is 15.2 Å². The Morgan fingerprint density at radius 2 is 1.52 bits per heavy atom. The third kappa shape index (κ3) is 4.23. The van der Waals surface area contributed by atoms with E-state index >= 15 is 0 Å². The maximum absolute atomic E-state index is 12.8. The van der Waals surface area contributed by atoms with E-state index in [1.54, 1.807) is 31.2 Å². The van der Waals surface area contributed by atoms with E-state index in [0.29, 0.717) is 28.4 Å². The Morgan fingerprint density at radius 3 is 2.11 bits per heavy atom. The van der Waals surface area contributed by atoms with E-state index < -0.39 is 0 Å². The Balaban J connectivity index is 1.77. The third-order valence-corrected chi connectivity index (χ3v) is 4.07. The molecule has 1 heterocycles. The number of aryl methyl sites for hydroxylation is 1. The molecule has 3 aromatic rings. The molecule has 27 heavy (non-hydrogen) atoms. The third-order valence-electron chi connectivity index (χ3n) is 4.07. The Bertz CT molecular complexity index is 945. The molecule has 2 N–H and O–H groups in total. The molecule has 0 aliphatic rings. The van der Waals surface area contributed by atoms with E-state index in [4.69, 9.17) is 4.52 Å². The van der Waals surface area contributed by atoms with Gasteiger partial charge in [0, 0.05) is 22.9 Å². The van der Waals surface area contributed by atoms with Crippen LogP contribution in [0, 0.1) is 12.8 Å². The summed E-state index contributed by atoms with van der Waals surface area (Å²) >= 11 is 0. The summed E-state index contributed by atoms with van der Waals surface area (Å²) in [6.45, 7) is 5.37. The Morgan fingerprint density at radius 1 is 0.926 bits per heavy atom. The smallest absolute Gasteiger partial charge is 0.261 e. The van der Waals surface area contributed by atoms with E-state index in [0.717, 1.165) is 5.56 Å². The number of aromatic nitrogens is 1. The lowest BCUT2D eigenvalue weighted by Crippen LogP contribution is -2.17. The molecule has 1 aromatic heterocycles. The van der Waals surface area contributed by atoms with Crippen molar-refractivity contribution in [2.24, 2.45) is 5.92 Å². The zero-order chi connectivity index (χ0) is 19.4. The minimum Gasteiger partial charge on any atom is -0.360 e. The predicted molar refractivity (Wildman–Crippen MR) is 105 cm³/mol. The average molecular weight is 363 g/mol. The maximum Gasteiger partial charge on any atom is 0.261 e. The number of carbonyl (C=O) groups is 2. The minimum absolute atomic E-state index is 0.0561. The van der Waals surface area contributed by atoms with Crippen LogP contribution < -0.4 is 10.6 Å². The van der Waals surface area contributed by atoms with Crippen molar-refractivity contribution in [3.8, 4) is 11.3 Å². The summed E-state index contributed by atoms with van der Waals surface area (Å²) in [5.74, 6) is -0.00419. The van der Waals surface area contributed by atoms with Gasteiger partial charge >= 0.3 is 0 Å². The quantitative estimate of drug-likeness (QED) is 0.699. The van der Waals surface area contributed by atoms with E-state index in [2.05, 4.69) is 15.8 Å². The summed E-state index contributed by atoms with van der Waals surface area (Å²) in [5, 5.41) is 9.69. The van der Waals surface area contributed by atoms with Crippen molar-refractivity contribution >= 4 is 23.2 Å².